The molecule has 13 heteroatoms. The van der Waals surface area contributed by atoms with Crippen molar-refractivity contribution in [1.82, 2.24) is 9.80 Å². The summed E-state index contributed by atoms with van der Waals surface area (Å²) in [5.41, 5.74) is -6.36. The molecule has 1 aliphatic rings. The fourth-order valence-electron chi connectivity index (χ4n) is 2.35. The van der Waals surface area contributed by atoms with E-state index in [4.69, 9.17) is 0 Å². The summed E-state index contributed by atoms with van der Waals surface area (Å²) in [4.78, 5) is 24.7. The van der Waals surface area contributed by atoms with Crippen molar-refractivity contribution in [3.8, 4) is 0 Å². The number of hydrogen-bond acceptors (Lipinski definition) is 7. The van der Waals surface area contributed by atoms with E-state index in [1.54, 1.807) is 4.90 Å². The highest BCUT2D eigenvalue weighted by atomic mass is 32.2. The van der Waals surface area contributed by atoms with Gasteiger partial charge in [0, 0.05) is 32.2 Å². The topological polar surface area (TPSA) is 101 Å². The number of carbonyl (C=O) groups is 1. The first-order valence-electron chi connectivity index (χ1n) is 7.62. The zero-order valence-electron chi connectivity index (χ0n) is 14.1. The van der Waals surface area contributed by atoms with Crippen LogP contribution in [0, 0.1) is 10.1 Å². The largest absolute Gasteiger partial charge is 0.501 e. The SMILES string of the molecule is CN1CCN(C(=O)CSc2ccc(S(=O)(=O)C(F)(F)F)cc2[N+](=O)[O-])CC1. The standard InChI is InChI=1S/C14H16F3N3O5S2/c1-18-4-6-19(7-5-18)13(21)9-26-12-3-2-10(8-11(12)20(22)23)27(24,25)14(15,16)17/h2-3,8H,4-7,9H2,1H3. The maximum atomic E-state index is 12.6. The molecule has 0 N–H and O–H groups in total. The maximum Gasteiger partial charge on any atom is 0.501 e. The summed E-state index contributed by atoms with van der Waals surface area (Å²) in [5, 5.41) is 11.1. The number of alkyl halides is 3. The first-order chi connectivity index (χ1) is 12.4. The third-order valence-electron chi connectivity index (χ3n) is 3.95. The zero-order chi connectivity index (χ0) is 20.4. The average Bonchev–Trinajstić information content (AvgIpc) is 2.59. The van der Waals surface area contributed by atoms with E-state index in [2.05, 4.69) is 0 Å². The van der Waals surface area contributed by atoms with Crippen molar-refractivity contribution in [2.45, 2.75) is 15.3 Å². The van der Waals surface area contributed by atoms with Crippen LogP contribution >= 0.6 is 11.8 Å². The minimum absolute atomic E-state index is 0.0800. The second kappa shape index (κ2) is 8.02. The van der Waals surface area contributed by atoms with E-state index < -0.39 is 30.9 Å². The quantitative estimate of drug-likeness (QED) is 0.401. The van der Waals surface area contributed by atoms with E-state index in [1.165, 1.54) is 0 Å². The van der Waals surface area contributed by atoms with E-state index in [9.17, 15) is 36.5 Å². The Balaban J connectivity index is 2.18. The van der Waals surface area contributed by atoms with Gasteiger partial charge >= 0.3 is 5.51 Å². The highest BCUT2D eigenvalue weighted by Crippen LogP contribution is 2.36. The molecule has 0 unspecified atom stereocenters. The predicted octanol–water partition coefficient (Wildman–Crippen LogP) is 1.75. The van der Waals surface area contributed by atoms with E-state index in [0.29, 0.717) is 38.3 Å². The summed E-state index contributed by atoms with van der Waals surface area (Å²) >= 11 is 0.782. The normalized spacial score (nSPS) is 16.4. The van der Waals surface area contributed by atoms with Crippen LogP contribution < -0.4 is 0 Å². The molecule has 0 bridgehead atoms. The summed E-state index contributed by atoms with van der Waals surface area (Å²) < 4.78 is 60.7. The van der Waals surface area contributed by atoms with Gasteiger partial charge in [0.15, 0.2) is 0 Å². The molecule has 0 aliphatic carbocycles. The molecule has 27 heavy (non-hydrogen) atoms. The smallest absolute Gasteiger partial charge is 0.339 e. The van der Waals surface area contributed by atoms with Crippen molar-refractivity contribution in [1.29, 1.82) is 0 Å². The van der Waals surface area contributed by atoms with Crippen molar-refractivity contribution < 1.29 is 31.3 Å². The number of hydrogen-bond donors (Lipinski definition) is 0. The number of nitro groups is 1. The monoisotopic (exact) mass is 427 g/mol. The highest BCUT2D eigenvalue weighted by Gasteiger charge is 2.47. The van der Waals surface area contributed by atoms with Gasteiger partial charge in [0.1, 0.15) is 0 Å². The van der Waals surface area contributed by atoms with E-state index >= 15 is 0 Å². The Labute approximate surface area is 157 Å². The Morgan fingerprint density at radius 2 is 1.85 bits per heavy atom. The molecule has 8 nitrogen and oxygen atoms in total. The molecule has 0 saturated carbocycles. The number of thioether (sulfide) groups is 1. The molecule has 1 heterocycles. The maximum absolute atomic E-state index is 12.6. The van der Waals surface area contributed by atoms with Crippen LogP contribution in [-0.2, 0) is 14.6 Å². The lowest BCUT2D eigenvalue weighted by atomic mass is 10.3. The van der Waals surface area contributed by atoms with Gasteiger partial charge < -0.3 is 9.80 Å². The van der Waals surface area contributed by atoms with Gasteiger partial charge in [-0.05, 0) is 19.2 Å². The number of halogens is 3. The Hall–Kier alpha value is -1.86. The molecule has 1 fully saturated rings. The first kappa shape index (κ1) is 21.4. The van der Waals surface area contributed by atoms with Crippen molar-refractivity contribution >= 4 is 33.2 Å². The number of nitrogens with zero attached hydrogens (tertiary/aromatic N) is 3. The number of carbonyl (C=O) groups excluding carboxylic acids is 1. The molecule has 1 aromatic rings. The molecule has 0 atom stereocenters. The molecule has 0 radical (unpaired) electrons. The molecule has 2 rings (SSSR count). The Morgan fingerprint density at radius 3 is 2.37 bits per heavy atom. The van der Waals surface area contributed by atoms with Crippen LogP contribution in [0.25, 0.3) is 0 Å². The number of amides is 1. The van der Waals surface area contributed by atoms with Gasteiger partial charge in [0.2, 0.25) is 5.91 Å². The second-order valence-electron chi connectivity index (χ2n) is 5.81. The van der Waals surface area contributed by atoms with Crippen molar-refractivity contribution in [3.63, 3.8) is 0 Å². The molecule has 1 aliphatic heterocycles. The molecule has 1 amide bonds. The van der Waals surface area contributed by atoms with Gasteiger partial charge in [-0.2, -0.15) is 13.2 Å². The van der Waals surface area contributed by atoms with Crippen LogP contribution in [-0.4, -0.2) is 73.5 Å². The summed E-state index contributed by atoms with van der Waals surface area (Å²) in [6, 6.07) is 1.93. The predicted molar refractivity (Wildman–Crippen MR) is 91.1 cm³/mol. The Kier molecular flexibility index (Phi) is 6.37. The van der Waals surface area contributed by atoms with Gasteiger partial charge in [-0.15, -0.1) is 11.8 Å². The number of benzene rings is 1. The van der Waals surface area contributed by atoms with Crippen LogP contribution in [0.5, 0.6) is 0 Å². The van der Waals surface area contributed by atoms with Crippen molar-refractivity contribution in [2.75, 3.05) is 39.0 Å². The lowest BCUT2D eigenvalue weighted by Gasteiger charge is -2.32. The molecule has 0 aromatic heterocycles. The Bertz CT molecular complexity index is 837. The fraction of sp³-hybridized carbons (Fsp3) is 0.500. The summed E-state index contributed by atoms with van der Waals surface area (Å²) in [5.74, 6) is -0.398. The minimum Gasteiger partial charge on any atom is -0.339 e. The van der Waals surface area contributed by atoms with Gasteiger partial charge in [-0.1, -0.05) is 0 Å². The van der Waals surface area contributed by atoms with Gasteiger partial charge in [-0.3, -0.25) is 14.9 Å². The van der Waals surface area contributed by atoms with Crippen LogP contribution in [0.4, 0.5) is 18.9 Å². The summed E-state index contributed by atoms with van der Waals surface area (Å²) in [6.45, 7) is 2.42. The number of nitro benzene ring substituents is 1. The molecule has 1 aromatic carbocycles. The van der Waals surface area contributed by atoms with Gasteiger partial charge in [0.05, 0.1) is 20.5 Å². The average molecular weight is 427 g/mol. The van der Waals surface area contributed by atoms with Crippen LogP contribution in [0.3, 0.4) is 0 Å². The zero-order valence-corrected chi connectivity index (χ0v) is 15.7. The number of rotatable bonds is 5. The lowest BCUT2D eigenvalue weighted by Crippen LogP contribution is -2.47. The molecule has 0 spiro atoms. The summed E-state index contributed by atoms with van der Waals surface area (Å²) in [6.07, 6.45) is 0. The molecule has 1 saturated heterocycles. The van der Waals surface area contributed by atoms with E-state index in [1.807, 2.05) is 11.9 Å². The number of piperazine rings is 1. The van der Waals surface area contributed by atoms with Crippen molar-refractivity contribution in [2.24, 2.45) is 0 Å². The number of likely N-dealkylation sites (N-methyl/N-ethyl adjacent to an activating group) is 1. The third-order valence-corrected chi connectivity index (χ3v) is 6.48. The van der Waals surface area contributed by atoms with E-state index in [-0.39, 0.29) is 16.6 Å². The van der Waals surface area contributed by atoms with Gasteiger partial charge in [-0.25, -0.2) is 8.42 Å². The minimum atomic E-state index is -5.70. The summed E-state index contributed by atoms with van der Waals surface area (Å²) in [7, 11) is -3.78. The van der Waals surface area contributed by atoms with Gasteiger partial charge in [0.25, 0.3) is 15.5 Å². The molecular formula is C14H16F3N3O5S2. The fourth-order valence-corrected chi connectivity index (χ4v) is 4.04. The highest BCUT2D eigenvalue weighted by molar-refractivity contribution is 8.00. The molecular weight excluding hydrogens is 411 g/mol. The second-order valence-corrected chi connectivity index (χ2v) is 8.77. The molecule has 150 valence electrons. The Morgan fingerprint density at radius 1 is 1.26 bits per heavy atom. The first-order valence-corrected chi connectivity index (χ1v) is 10.1. The van der Waals surface area contributed by atoms with Crippen LogP contribution in [0.15, 0.2) is 28.0 Å². The lowest BCUT2D eigenvalue weighted by molar-refractivity contribution is -0.388. The van der Waals surface area contributed by atoms with Crippen LogP contribution in [0.1, 0.15) is 0 Å². The van der Waals surface area contributed by atoms with Crippen LogP contribution in [0.2, 0.25) is 0 Å². The van der Waals surface area contributed by atoms with Crippen molar-refractivity contribution in [3.05, 3.63) is 28.3 Å². The number of sulfone groups is 1. The van der Waals surface area contributed by atoms with E-state index in [0.717, 1.165) is 17.8 Å². The third kappa shape index (κ3) is 4.90.